The van der Waals surface area contributed by atoms with Crippen LogP contribution in [0, 0.1) is 6.92 Å². The van der Waals surface area contributed by atoms with Crippen molar-refractivity contribution in [2.45, 2.75) is 31.7 Å². The molecule has 4 nitrogen and oxygen atoms in total. The van der Waals surface area contributed by atoms with Gasteiger partial charge >= 0.3 is 0 Å². The number of nitrogens with two attached hydrogens (primary N) is 2. The van der Waals surface area contributed by atoms with Gasteiger partial charge in [-0.3, -0.25) is 11.3 Å². The lowest BCUT2D eigenvalue weighted by atomic mass is 9.88. The van der Waals surface area contributed by atoms with Crippen molar-refractivity contribution in [3.05, 3.63) is 58.8 Å². The van der Waals surface area contributed by atoms with Crippen LogP contribution in [0.25, 0.3) is 0 Å². The summed E-state index contributed by atoms with van der Waals surface area (Å²) < 4.78 is 0. The van der Waals surface area contributed by atoms with E-state index in [2.05, 4.69) is 40.7 Å². The van der Waals surface area contributed by atoms with Crippen LogP contribution < -0.4 is 17.0 Å². The van der Waals surface area contributed by atoms with Crippen LogP contribution in [0.15, 0.2) is 36.5 Å². The molecule has 2 aromatic rings. The Kier molecular flexibility index (Phi) is 3.42. The van der Waals surface area contributed by atoms with Crippen LogP contribution in [0.1, 0.15) is 40.6 Å². The Hall–Kier alpha value is -1.91. The van der Waals surface area contributed by atoms with E-state index in [0.717, 1.165) is 24.0 Å². The summed E-state index contributed by atoms with van der Waals surface area (Å²) in [5.74, 6) is 6.73. The Balaban J connectivity index is 2.01. The Morgan fingerprint density at radius 1 is 1.35 bits per heavy atom. The first-order valence-electron chi connectivity index (χ1n) is 6.96. The predicted octanol–water partition coefficient (Wildman–Crippen LogP) is 2.21. The van der Waals surface area contributed by atoms with E-state index in [1.807, 2.05) is 6.92 Å². The maximum Gasteiger partial charge on any atom is 0.128 e. The highest BCUT2D eigenvalue weighted by atomic mass is 15.2. The molecule has 1 aliphatic carbocycles. The number of hydrogen-bond acceptors (Lipinski definition) is 4. The SMILES string of the molecule is Cc1cnc(N)c(C(NN)C2CCc3ccccc32)c1. The number of nitrogen functional groups attached to an aromatic ring is 1. The first-order valence-corrected chi connectivity index (χ1v) is 6.96. The summed E-state index contributed by atoms with van der Waals surface area (Å²) in [6.45, 7) is 2.02. The smallest absolute Gasteiger partial charge is 0.128 e. The molecule has 1 aromatic carbocycles. The fraction of sp³-hybridized carbons (Fsp3) is 0.312. The Morgan fingerprint density at radius 2 is 2.15 bits per heavy atom. The van der Waals surface area contributed by atoms with Gasteiger partial charge in [-0.15, -0.1) is 0 Å². The average molecular weight is 268 g/mol. The minimum atomic E-state index is 0.00560. The number of aryl methyl sites for hydroxylation is 2. The van der Waals surface area contributed by atoms with Gasteiger partial charge in [0.2, 0.25) is 0 Å². The number of pyridine rings is 1. The number of aromatic nitrogens is 1. The van der Waals surface area contributed by atoms with Crippen molar-refractivity contribution in [2.75, 3.05) is 5.73 Å². The van der Waals surface area contributed by atoms with E-state index < -0.39 is 0 Å². The van der Waals surface area contributed by atoms with Gasteiger partial charge in [0.05, 0.1) is 6.04 Å². The van der Waals surface area contributed by atoms with Gasteiger partial charge in [-0.25, -0.2) is 4.98 Å². The van der Waals surface area contributed by atoms with Crippen LogP contribution in [-0.4, -0.2) is 4.98 Å². The molecule has 4 heteroatoms. The van der Waals surface area contributed by atoms with Crippen LogP contribution in [0.2, 0.25) is 0 Å². The summed E-state index contributed by atoms with van der Waals surface area (Å²) >= 11 is 0. The second-order valence-corrected chi connectivity index (χ2v) is 5.48. The molecule has 2 atom stereocenters. The molecular formula is C16H20N4. The van der Waals surface area contributed by atoms with Gasteiger partial charge in [-0.2, -0.15) is 0 Å². The summed E-state index contributed by atoms with van der Waals surface area (Å²) in [6, 6.07) is 10.6. The normalized spacial score (nSPS) is 18.8. The van der Waals surface area contributed by atoms with Crippen molar-refractivity contribution in [1.29, 1.82) is 0 Å². The molecule has 104 valence electrons. The molecule has 1 aliphatic rings. The van der Waals surface area contributed by atoms with E-state index >= 15 is 0 Å². The molecule has 0 aliphatic heterocycles. The molecule has 0 saturated heterocycles. The average Bonchev–Trinajstić information content (AvgIpc) is 2.88. The second-order valence-electron chi connectivity index (χ2n) is 5.48. The Morgan fingerprint density at radius 3 is 2.95 bits per heavy atom. The number of rotatable bonds is 3. The molecule has 0 amide bonds. The summed E-state index contributed by atoms with van der Waals surface area (Å²) in [5, 5.41) is 0. The zero-order chi connectivity index (χ0) is 14.1. The summed E-state index contributed by atoms with van der Waals surface area (Å²) in [7, 11) is 0. The standard InChI is InChI=1S/C16H20N4/c1-10-8-14(16(17)19-9-10)15(20-18)13-7-6-11-4-2-3-5-12(11)13/h2-5,8-9,13,15,20H,6-7,18H2,1H3,(H2,17,19). The van der Waals surface area contributed by atoms with Gasteiger partial charge in [0.15, 0.2) is 0 Å². The minimum Gasteiger partial charge on any atom is -0.383 e. The number of anilines is 1. The summed E-state index contributed by atoms with van der Waals surface area (Å²) in [5.41, 5.74) is 13.9. The van der Waals surface area contributed by atoms with E-state index in [4.69, 9.17) is 11.6 Å². The zero-order valence-corrected chi connectivity index (χ0v) is 11.6. The maximum atomic E-state index is 6.05. The molecule has 0 fully saturated rings. The van der Waals surface area contributed by atoms with Crippen molar-refractivity contribution < 1.29 is 0 Å². The highest BCUT2D eigenvalue weighted by molar-refractivity contribution is 5.46. The molecule has 5 N–H and O–H groups in total. The topological polar surface area (TPSA) is 77.0 Å². The third-order valence-corrected chi connectivity index (χ3v) is 4.18. The van der Waals surface area contributed by atoms with Crippen molar-refractivity contribution in [3.8, 4) is 0 Å². The molecule has 3 rings (SSSR count). The highest BCUT2D eigenvalue weighted by Gasteiger charge is 2.31. The van der Waals surface area contributed by atoms with Gasteiger partial charge in [0.1, 0.15) is 5.82 Å². The third-order valence-electron chi connectivity index (χ3n) is 4.18. The fourth-order valence-electron chi connectivity index (χ4n) is 3.21. The second kappa shape index (κ2) is 5.23. The monoisotopic (exact) mass is 268 g/mol. The zero-order valence-electron chi connectivity index (χ0n) is 11.6. The van der Waals surface area contributed by atoms with Gasteiger partial charge < -0.3 is 5.73 Å². The van der Waals surface area contributed by atoms with Crippen molar-refractivity contribution >= 4 is 5.82 Å². The van der Waals surface area contributed by atoms with Crippen LogP contribution in [0.4, 0.5) is 5.82 Å². The predicted molar refractivity (Wildman–Crippen MR) is 81.0 cm³/mol. The molecule has 2 unspecified atom stereocenters. The van der Waals surface area contributed by atoms with E-state index in [-0.39, 0.29) is 6.04 Å². The lowest BCUT2D eigenvalue weighted by Crippen LogP contribution is -2.32. The van der Waals surface area contributed by atoms with E-state index in [1.54, 1.807) is 6.20 Å². The van der Waals surface area contributed by atoms with E-state index in [0.29, 0.717) is 11.7 Å². The van der Waals surface area contributed by atoms with Crippen molar-refractivity contribution in [2.24, 2.45) is 5.84 Å². The van der Waals surface area contributed by atoms with Gasteiger partial charge in [0, 0.05) is 17.7 Å². The van der Waals surface area contributed by atoms with Gasteiger partial charge in [0.25, 0.3) is 0 Å². The molecule has 1 aromatic heterocycles. The molecular weight excluding hydrogens is 248 g/mol. The molecule has 0 saturated carbocycles. The van der Waals surface area contributed by atoms with Crippen molar-refractivity contribution in [1.82, 2.24) is 10.4 Å². The third kappa shape index (κ3) is 2.17. The first kappa shape index (κ1) is 13.1. The first-order chi connectivity index (χ1) is 9.70. The van der Waals surface area contributed by atoms with E-state index in [9.17, 15) is 0 Å². The van der Waals surface area contributed by atoms with Gasteiger partial charge in [-0.05, 0) is 42.5 Å². The van der Waals surface area contributed by atoms with Crippen LogP contribution in [0.3, 0.4) is 0 Å². The van der Waals surface area contributed by atoms with Crippen LogP contribution in [-0.2, 0) is 6.42 Å². The number of hydrogen-bond donors (Lipinski definition) is 3. The molecule has 20 heavy (non-hydrogen) atoms. The molecule has 0 bridgehead atoms. The molecule has 1 heterocycles. The van der Waals surface area contributed by atoms with Gasteiger partial charge in [-0.1, -0.05) is 24.3 Å². The summed E-state index contributed by atoms with van der Waals surface area (Å²) in [4.78, 5) is 4.26. The molecule has 0 radical (unpaired) electrons. The Labute approximate surface area is 119 Å². The lowest BCUT2D eigenvalue weighted by Gasteiger charge is -2.25. The number of benzene rings is 1. The van der Waals surface area contributed by atoms with Crippen LogP contribution >= 0.6 is 0 Å². The maximum absolute atomic E-state index is 6.05. The highest BCUT2D eigenvalue weighted by Crippen LogP contribution is 2.42. The number of nitrogens with zero attached hydrogens (tertiary/aromatic N) is 1. The number of fused-ring (bicyclic) bond motifs is 1. The minimum absolute atomic E-state index is 0.00560. The lowest BCUT2D eigenvalue weighted by molar-refractivity contribution is 0.453. The summed E-state index contributed by atoms with van der Waals surface area (Å²) in [6.07, 6.45) is 3.97. The molecule has 0 spiro atoms. The number of nitrogens with one attached hydrogen (secondary N) is 1. The quantitative estimate of drug-likeness (QED) is 0.589. The largest absolute Gasteiger partial charge is 0.383 e. The number of hydrazine groups is 1. The van der Waals surface area contributed by atoms with Crippen molar-refractivity contribution in [3.63, 3.8) is 0 Å². The van der Waals surface area contributed by atoms with Crippen LogP contribution in [0.5, 0.6) is 0 Å². The fourth-order valence-corrected chi connectivity index (χ4v) is 3.21. The van der Waals surface area contributed by atoms with E-state index in [1.165, 1.54) is 11.1 Å². The Bertz CT molecular complexity index is 624.